The van der Waals surface area contributed by atoms with Crippen molar-refractivity contribution in [1.29, 1.82) is 0 Å². The average molecular weight is 388 g/mol. The van der Waals surface area contributed by atoms with Gasteiger partial charge in [-0.1, -0.05) is 61.3 Å². The van der Waals surface area contributed by atoms with Gasteiger partial charge in [0.1, 0.15) is 0 Å². The first kappa shape index (κ1) is 25.8. The maximum Gasteiger partial charge on any atom is 0.221 e. The van der Waals surface area contributed by atoms with Gasteiger partial charge in [-0.25, -0.2) is 0 Å². The van der Waals surface area contributed by atoms with Crippen molar-refractivity contribution in [2.24, 2.45) is 5.92 Å². The minimum Gasteiger partial charge on any atom is -0.373 e. The Labute approximate surface area is 167 Å². The van der Waals surface area contributed by atoms with Gasteiger partial charge in [0.05, 0.1) is 17.7 Å². The fourth-order valence-electron chi connectivity index (χ4n) is 3.18. The van der Waals surface area contributed by atoms with E-state index in [1.807, 2.05) is 11.8 Å². The van der Waals surface area contributed by atoms with E-state index < -0.39 is 0 Å². The lowest BCUT2D eigenvalue weighted by atomic mass is 9.89. The van der Waals surface area contributed by atoms with Crippen LogP contribution in [0.2, 0.25) is 0 Å². The Bertz CT molecular complexity index is 363. The molecular formula is C22H45NO2S. The normalized spacial score (nSPS) is 12.6. The van der Waals surface area contributed by atoms with Gasteiger partial charge in [0, 0.05) is 12.2 Å². The van der Waals surface area contributed by atoms with Gasteiger partial charge in [-0.15, -0.1) is 0 Å². The zero-order chi connectivity index (χ0) is 20.1. The van der Waals surface area contributed by atoms with Crippen LogP contribution >= 0.6 is 11.8 Å². The minimum atomic E-state index is -0.235. The number of rotatable bonds is 16. The zero-order valence-electron chi connectivity index (χ0n) is 18.6. The number of unbranched alkanes of at least 4 members (excludes halogenated alkanes) is 1. The average Bonchev–Trinajstić information content (AvgIpc) is 2.64. The minimum absolute atomic E-state index is 0.0383. The van der Waals surface area contributed by atoms with E-state index >= 15 is 0 Å². The predicted octanol–water partition coefficient (Wildman–Crippen LogP) is 6.21. The van der Waals surface area contributed by atoms with Crippen LogP contribution in [-0.4, -0.2) is 35.2 Å². The summed E-state index contributed by atoms with van der Waals surface area (Å²) in [6, 6.07) is 0. The lowest BCUT2D eigenvalue weighted by Crippen LogP contribution is -2.53. The number of thioether (sulfide) groups is 1. The summed E-state index contributed by atoms with van der Waals surface area (Å²) in [6.45, 7) is 16.1. The van der Waals surface area contributed by atoms with Crippen LogP contribution in [0.25, 0.3) is 0 Å². The van der Waals surface area contributed by atoms with Crippen molar-refractivity contribution in [3.05, 3.63) is 0 Å². The summed E-state index contributed by atoms with van der Waals surface area (Å²) in [5.41, 5.74) is -0.273. The standard InChI is InChI=1S/C22H45NO2S/c1-8-13-15-22(11-4,12-5)25-18-21(9-2,10-3)23-20(24)14-16-26-17-19(6)7/h19H,8-18H2,1-7H3,(H,23,24). The molecule has 1 amide bonds. The van der Waals surface area contributed by atoms with Crippen molar-refractivity contribution in [2.45, 2.75) is 111 Å². The quantitative estimate of drug-likeness (QED) is 0.320. The third kappa shape index (κ3) is 9.64. The lowest BCUT2D eigenvalue weighted by Gasteiger charge is -2.39. The molecule has 0 aromatic heterocycles. The van der Waals surface area contributed by atoms with E-state index in [0.29, 0.717) is 18.9 Å². The molecule has 0 saturated heterocycles. The van der Waals surface area contributed by atoms with Crippen LogP contribution in [0.5, 0.6) is 0 Å². The maximum absolute atomic E-state index is 12.5. The topological polar surface area (TPSA) is 38.3 Å². The van der Waals surface area contributed by atoms with E-state index in [1.54, 1.807) is 0 Å². The van der Waals surface area contributed by atoms with Gasteiger partial charge in [0.15, 0.2) is 0 Å². The number of nitrogens with one attached hydrogen (secondary N) is 1. The number of ether oxygens (including phenoxy) is 1. The van der Waals surface area contributed by atoms with E-state index in [9.17, 15) is 4.79 Å². The Balaban J connectivity index is 4.73. The van der Waals surface area contributed by atoms with E-state index in [-0.39, 0.29) is 17.0 Å². The molecule has 0 unspecified atom stereocenters. The third-order valence-corrected chi connectivity index (χ3v) is 7.01. The second kappa shape index (κ2) is 13.9. The summed E-state index contributed by atoms with van der Waals surface area (Å²) in [5.74, 6) is 2.87. The summed E-state index contributed by atoms with van der Waals surface area (Å²) in [6.07, 6.45) is 7.99. The molecule has 0 aromatic rings. The van der Waals surface area contributed by atoms with Gasteiger partial charge in [0.25, 0.3) is 0 Å². The highest BCUT2D eigenvalue weighted by atomic mass is 32.2. The Morgan fingerprint density at radius 2 is 1.65 bits per heavy atom. The number of carbonyl (C=O) groups is 1. The highest BCUT2D eigenvalue weighted by molar-refractivity contribution is 7.99. The highest BCUT2D eigenvalue weighted by Crippen LogP contribution is 2.30. The van der Waals surface area contributed by atoms with Crippen molar-refractivity contribution in [3.63, 3.8) is 0 Å². The second-order valence-corrected chi connectivity index (χ2v) is 9.19. The molecule has 0 atom stereocenters. The molecule has 0 spiro atoms. The first-order valence-corrected chi connectivity index (χ1v) is 12.0. The van der Waals surface area contributed by atoms with Crippen LogP contribution in [0.1, 0.15) is 99.8 Å². The molecule has 1 N–H and O–H groups in total. The van der Waals surface area contributed by atoms with Crippen molar-refractivity contribution < 1.29 is 9.53 Å². The Hall–Kier alpha value is -0.220. The summed E-state index contributed by atoms with van der Waals surface area (Å²) in [7, 11) is 0. The molecule has 156 valence electrons. The zero-order valence-corrected chi connectivity index (χ0v) is 19.4. The molecule has 0 aliphatic rings. The summed E-state index contributed by atoms with van der Waals surface area (Å²) >= 11 is 1.87. The van der Waals surface area contributed by atoms with Gasteiger partial charge >= 0.3 is 0 Å². The van der Waals surface area contributed by atoms with Crippen LogP contribution in [0.4, 0.5) is 0 Å². The highest BCUT2D eigenvalue weighted by Gasteiger charge is 2.34. The Morgan fingerprint density at radius 3 is 2.12 bits per heavy atom. The van der Waals surface area contributed by atoms with Gasteiger partial charge in [-0.3, -0.25) is 4.79 Å². The molecule has 0 heterocycles. The number of amides is 1. The van der Waals surface area contributed by atoms with Crippen molar-refractivity contribution in [3.8, 4) is 0 Å². The fraction of sp³-hybridized carbons (Fsp3) is 0.955. The predicted molar refractivity (Wildman–Crippen MR) is 117 cm³/mol. The SMILES string of the molecule is CCCCC(CC)(CC)OCC(CC)(CC)NC(=O)CCSCC(C)C. The summed E-state index contributed by atoms with van der Waals surface area (Å²) in [4.78, 5) is 12.5. The van der Waals surface area contributed by atoms with Crippen molar-refractivity contribution in [1.82, 2.24) is 5.32 Å². The molecular weight excluding hydrogens is 342 g/mol. The number of carbonyl (C=O) groups excluding carboxylic acids is 1. The molecule has 0 aliphatic carbocycles. The molecule has 0 rings (SSSR count). The Kier molecular flexibility index (Phi) is 13.8. The molecule has 26 heavy (non-hydrogen) atoms. The maximum atomic E-state index is 12.5. The van der Waals surface area contributed by atoms with Gasteiger partial charge in [-0.05, 0) is 43.8 Å². The molecule has 0 aromatic carbocycles. The van der Waals surface area contributed by atoms with Crippen LogP contribution in [0, 0.1) is 5.92 Å². The number of hydrogen-bond donors (Lipinski definition) is 1. The van der Waals surface area contributed by atoms with Gasteiger partial charge < -0.3 is 10.1 Å². The largest absolute Gasteiger partial charge is 0.373 e. The van der Waals surface area contributed by atoms with Gasteiger partial charge in [0.2, 0.25) is 5.91 Å². The molecule has 0 bridgehead atoms. The van der Waals surface area contributed by atoms with Crippen LogP contribution in [0.3, 0.4) is 0 Å². The van der Waals surface area contributed by atoms with Crippen LogP contribution < -0.4 is 5.32 Å². The van der Waals surface area contributed by atoms with Crippen LogP contribution in [-0.2, 0) is 9.53 Å². The summed E-state index contributed by atoms with van der Waals surface area (Å²) < 4.78 is 6.52. The fourth-order valence-corrected chi connectivity index (χ4v) is 4.15. The Morgan fingerprint density at radius 1 is 1.04 bits per heavy atom. The molecule has 0 radical (unpaired) electrons. The smallest absolute Gasteiger partial charge is 0.221 e. The van der Waals surface area contributed by atoms with E-state index in [0.717, 1.165) is 43.6 Å². The molecule has 0 saturated carbocycles. The molecule has 0 fully saturated rings. The van der Waals surface area contributed by atoms with E-state index in [2.05, 4.69) is 53.8 Å². The first-order valence-electron chi connectivity index (χ1n) is 10.8. The number of hydrogen-bond acceptors (Lipinski definition) is 3. The second-order valence-electron chi connectivity index (χ2n) is 8.04. The van der Waals surface area contributed by atoms with E-state index in [4.69, 9.17) is 4.74 Å². The monoisotopic (exact) mass is 387 g/mol. The molecule has 3 nitrogen and oxygen atoms in total. The van der Waals surface area contributed by atoms with Gasteiger partial charge in [-0.2, -0.15) is 11.8 Å². The lowest BCUT2D eigenvalue weighted by molar-refractivity contribution is -0.127. The van der Waals surface area contributed by atoms with E-state index in [1.165, 1.54) is 12.8 Å². The van der Waals surface area contributed by atoms with Crippen molar-refractivity contribution >= 4 is 17.7 Å². The summed E-state index contributed by atoms with van der Waals surface area (Å²) in [5, 5.41) is 3.32. The van der Waals surface area contributed by atoms with Crippen LogP contribution in [0.15, 0.2) is 0 Å². The first-order chi connectivity index (χ1) is 12.3. The molecule has 4 heteroatoms. The van der Waals surface area contributed by atoms with Crippen molar-refractivity contribution in [2.75, 3.05) is 18.1 Å². The third-order valence-electron chi connectivity index (χ3n) is 5.61. The molecule has 0 aliphatic heterocycles.